The van der Waals surface area contributed by atoms with Gasteiger partial charge in [0.15, 0.2) is 16.6 Å². The number of thiazole rings is 1. The molecule has 0 aliphatic rings. The van der Waals surface area contributed by atoms with E-state index >= 15 is 0 Å². The monoisotopic (exact) mass is 463 g/mol. The van der Waals surface area contributed by atoms with Crippen LogP contribution in [-0.2, 0) is 0 Å². The van der Waals surface area contributed by atoms with Crippen LogP contribution in [0.3, 0.4) is 0 Å². The Bertz CT molecular complexity index is 1050. The van der Waals surface area contributed by atoms with Gasteiger partial charge in [-0.2, -0.15) is 0 Å². The lowest BCUT2D eigenvalue weighted by Crippen LogP contribution is -2.33. The number of fused-ring (bicyclic) bond motifs is 1. The number of rotatable bonds is 9. The molecule has 1 amide bonds. The van der Waals surface area contributed by atoms with Crippen molar-refractivity contribution in [3.63, 3.8) is 0 Å². The summed E-state index contributed by atoms with van der Waals surface area (Å²) in [4.78, 5) is 22.1. The molecule has 166 valence electrons. The van der Waals surface area contributed by atoms with Gasteiger partial charge in [0, 0.05) is 17.1 Å². The Hall–Kier alpha value is -2.55. The zero-order valence-corrected chi connectivity index (χ0v) is 19.8. The van der Waals surface area contributed by atoms with Gasteiger partial charge < -0.3 is 19.1 Å². The van der Waals surface area contributed by atoms with Crippen molar-refractivity contribution in [1.82, 2.24) is 9.88 Å². The molecule has 0 aliphatic heterocycles. The molecule has 31 heavy (non-hydrogen) atoms. The molecule has 0 radical (unpaired) electrons. The lowest BCUT2D eigenvalue weighted by atomic mass is 10.1. The van der Waals surface area contributed by atoms with Crippen LogP contribution in [0.5, 0.6) is 17.2 Å². The lowest BCUT2D eigenvalue weighted by Gasteiger charge is -2.22. The summed E-state index contributed by atoms with van der Waals surface area (Å²) in [6.45, 7) is 1.36. The van der Waals surface area contributed by atoms with Gasteiger partial charge in [0.05, 0.1) is 31.5 Å². The van der Waals surface area contributed by atoms with Crippen molar-refractivity contribution in [3.05, 3.63) is 40.9 Å². The van der Waals surface area contributed by atoms with E-state index in [0.29, 0.717) is 39.5 Å². The topological polar surface area (TPSA) is 64.1 Å². The quantitative estimate of drug-likeness (QED) is 0.463. The zero-order chi connectivity index (χ0) is 22.5. The number of benzene rings is 2. The van der Waals surface area contributed by atoms with Gasteiger partial charge in [0.25, 0.3) is 5.91 Å². The van der Waals surface area contributed by atoms with Crippen molar-refractivity contribution in [1.29, 1.82) is 0 Å². The molecule has 9 heteroatoms. The number of halogens is 1. The first-order valence-corrected chi connectivity index (χ1v) is 10.9. The number of amides is 1. The Morgan fingerprint density at radius 1 is 1.03 bits per heavy atom. The predicted octanol–water partition coefficient (Wildman–Crippen LogP) is 4.57. The number of carbonyl (C=O) groups is 1. The summed E-state index contributed by atoms with van der Waals surface area (Å²) in [5.41, 5.74) is 1.23. The second kappa shape index (κ2) is 10.2. The summed E-state index contributed by atoms with van der Waals surface area (Å²) >= 11 is 7.57. The molecule has 1 heterocycles. The molecule has 0 atom stereocenters. The first-order chi connectivity index (χ1) is 14.9. The van der Waals surface area contributed by atoms with Crippen LogP contribution in [0.15, 0.2) is 30.3 Å². The minimum Gasteiger partial charge on any atom is -0.493 e. The number of aromatic nitrogens is 1. The molecule has 0 N–H and O–H groups in total. The van der Waals surface area contributed by atoms with Gasteiger partial charge in [-0.3, -0.25) is 9.69 Å². The molecule has 0 saturated heterocycles. The smallest absolute Gasteiger partial charge is 0.260 e. The molecule has 3 aromatic rings. The van der Waals surface area contributed by atoms with Crippen LogP contribution in [0.25, 0.3) is 10.2 Å². The van der Waals surface area contributed by atoms with Crippen LogP contribution in [0.4, 0.5) is 5.13 Å². The number of ether oxygens (including phenoxy) is 3. The van der Waals surface area contributed by atoms with Crippen molar-refractivity contribution in [2.45, 2.75) is 6.42 Å². The van der Waals surface area contributed by atoms with Crippen LogP contribution < -0.4 is 19.1 Å². The summed E-state index contributed by atoms with van der Waals surface area (Å²) < 4.78 is 17.1. The maximum atomic E-state index is 13.6. The molecule has 1 aromatic heterocycles. The SMILES string of the molecule is COc1cc(C(=O)N(CCCN(C)C)c2nc3ccc(Cl)cc3s2)cc(OC)c1OC. The normalized spacial score (nSPS) is 11.1. The Kier molecular flexibility index (Phi) is 7.59. The maximum Gasteiger partial charge on any atom is 0.260 e. The Morgan fingerprint density at radius 3 is 2.29 bits per heavy atom. The summed E-state index contributed by atoms with van der Waals surface area (Å²) in [7, 11) is 8.59. The molecule has 0 unspecified atom stereocenters. The van der Waals surface area contributed by atoms with E-state index in [4.69, 9.17) is 25.8 Å². The molecule has 0 bridgehead atoms. The van der Waals surface area contributed by atoms with Crippen molar-refractivity contribution in [3.8, 4) is 17.2 Å². The molecular weight excluding hydrogens is 438 g/mol. The van der Waals surface area contributed by atoms with Crippen LogP contribution in [0, 0.1) is 0 Å². The first-order valence-electron chi connectivity index (χ1n) is 9.70. The van der Waals surface area contributed by atoms with Crippen LogP contribution >= 0.6 is 22.9 Å². The number of methoxy groups -OCH3 is 3. The van der Waals surface area contributed by atoms with E-state index in [1.807, 2.05) is 26.2 Å². The second-order valence-electron chi connectivity index (χ2n) is 7.14. The fourth-order valence-electron chi connectivity index (χ4n) is 3.19. The highest BCUT2D eigenvalue weighted by Crippen LogP contribution is 2.39. The van der Waals surface area contributed by atoms with Crippen LogP contribution in [-0.4, -0.2) is 64.3 Å². The summed E-state index contributed by atoms with van der Waals surface area (Å²) in [5, 5.41) is 1.26. The molecule has 3 rings (SSSR count). The fraction of sp³-hybridized carbons (Fsp3) is 0.364. The molecular formula is C22H26ClN3O4S. The Balaban J connectivity index is 2.02. The van der Waals surface area contributed by atoms with E-state index in [2.05, 4.69) is 9.88 Å². The van der Waals surface area contributed by atoms with E-state index in [-0.39, 0.29) is 5.91 Å². The van der Waals surface area contributed by atoms with E-state index in [9.17, 15) is 4.79 Å². The summed E-state index contributed by atoms with van der Waals surface area (Å²) in [5.74, 6) is 1.10. The average molecular weight is 464 g/mol. The van der Waals surface area contributed by atoms with Gasteiger partial charge in [-0.1, -0.05) is 22.9 Å². The molecule has 2 aromatic carbocycles. The van der Waals surface area contributed by atoms with Crippen molar-refractivity contribution in [2.24, 2.45) is 0 Å². The Labute approximate surface area is 191 Å². The number of hydrogen-bond donors (Lipinski definition) is 0. The zero-order valence-electron chi connectivity index (χ0n) is 18.3. The number of carbonyl (C=O) groups excluding carboxylic acids is 1. The fourth-order valence-corrected chi connectivity index (χ4v) is 4.46. The van der Waals surface area contributed by atoms with Gasteiger partial charge in [0.1, 0.15) is 0 Å². The van der Waals surface area contributed by atoms with Crippen LogP contribution in [0.1, 0.15) is 16.8 Å². The van der Waals surface area contributed by atoms with Gasteiger partial charge in [-0.25, -0.2) is 4.98 Å². The number of hydrogen-bond acceptors (Lipinski definition) is 7. The summed E-state index contributed by atoms with van der Waals surface area (Å²) in [6.07, 6.45) is 0.792. The van der Waals surface area contributed by atoms with Crippen molar-refractivity contribution < 1.29 is 19.0 Å². The largest absolute Gasteiger partial charge is 0.493 e. The number of anilines is 1. The second-order valence-corrected chi connectivity index (χ2v) is 8.58. The molecule has 0 aliphatic carbocycles. The third-order valence-corrected chi connectivity index (χ3v) is 5.99. The third kappa shape index (κ3) is 5.20. The lowest BCUT2D eigenvalue weighted by molar-refractivity contribution is 0.0985. The van der Waals surface area contributed by atoms with E-state index in [1.165, 1.54) is 32.7 Å². The predicted molar refractivity (Wildman–Crippen MR) is 126 cm³/mol. The summed E-state index contributed by atoms with van der Waals surface area (Å²) in [6, 6.07) is 8.84. The molecule has 0 fully saturated rings. The minimum absolute atomic E-state index is 0.192. The van der Waals surface area contributed by atoms with Crippen LogP contribution in [0.2, 0.25) is 5.02 Å². The first kappa shape index (κ1) is 23.1. The van der Waals surface area contributed by atoms with Gasteiger partial charge in [0.2, 0.25) is 5.75 Å². The maximum absolute atomic E-state index is 13.6. The molecule has 0 saturated carbocycles. The average Bonchev–Trinajstić information content (AvgIpc) is 3.17. The highest BCUT2D eigenvalue weighted by Gasteiger charge is 2.24. The highest BCUT2D eigenvalue weighted by molar-refractivity contribution is 7.22. The molecule has 7 nitrogen and oxygen atoms in total. The van der Waals surface area contributed by atoms with E-state index in [0.717, 1.165) is 23.2 Å². The standard InChI is InChI=1S/C22H26ClN3O4S/c1-25(2)9-6-10-26(22-24-16-8-7-15(23)13-19(16)31-22)21(27)14-11-17(28-3)20(30-5)18(12-14)29-4/h7-8,11-13H,6,9-10H2,1-5H3. The minimum atomic E-state index is -0.192. The van der Waals surface area contributed by atoms with Gasteiger partial charge in [-0.15, -0.1) is 0 Å². The Morgan fingerprint density at radius 2 is 1.71 bits per heavy atom. The van der Waals surface area contributed by atoms with E-state index < -0.39 is 0 Å². The van der Waals surface area contributed by atoms with E-state index in [1.54, 1.807) is 23.1 Å². The van der Waals surface area contributed by atoms with Gasteiger partial charge >= 0.3 is 0 Å². The number of nitrogens with zero attached hydrogens (tertiary/aromatic N) is 3. The van der Waals surface area contributed by atoms with Gasteiger partial charge in [-0.05, 0) is 57.4 Å². The molecule has 0 spiro atoms. The highest BCUT2D eigenvalue weighted by atomic mass is 35.5. The third-order valence-electron chi connectivity index (χ3n) is 4.71. The van der Waals surface area contributed by atoms with Crippen molar-refractivity contribution >= 4 is 44.2 Å². The van der Waals surface area contributed by atoms with Crippen molar-refractivity contribution in [2.75, 3.05) is 53.4 Å².